The van der Waals surface area contributed by atoms with E-state index in [0.717, 1.165) is 11.1 Å². The van der Waals surface area contributed by atoms with Crippen LogP contribution in [-0.4, -0.2) is 5.78 Å². The number of carbonyl (C=O) groups is 1. The van der Waals surface area contributed by atoms with Crippen molar-refractivity contribution in [3.05, 3.63) is 68.2 Å². The Bertz CT molecular complexity index is 635. The molecule has 0 saturated carbocycles. The topological polar surface area (TPSA) is 17.1 Å². The summed E-state index contributed by atoms with van der Waals surface area (Å²) in [7, 11) is 0. The first-order valence-corrected chi connectivity index (χ1v) is 6.84. The molecule has 98 valence electrons. The Kier molecular flexibility index (Phi) is 4.51. The molecule has 2 rings (SSSR count). The highest BCUT2D eigenvalue weighted by atomic mass is 35.5. The van der Waals surface area contributed by atoms with Gasteiger partial charge in [0.15, 0.2) is 5.78 Å². The molecule has 0 amide bonds. The summed E-state index contributed by atoms with van der Waals surface area (Å²) in [6, 6.07) is 10.5. The summed E-state index contributed by atoms with van der Waals surface area (Å²) in [4.78, 5) is 12.2. The lowest BCUT2D eigenvalue weighted by Crippen LogP contribution is -2.05. The number of rotatable bonds is 3. The normalized spacial score (nSPS) is 10.5. The highest BCUT2D eigenvalue weighted by molar-refractivity contribution is 6.37. The van der Waals surface area contributed by atoms with Crippen LogP contribution in [0.5, 0.6) is 0 Å². The van der Waals surface area contributed by atoms with Crippen LogP contribution < -0.4 is 0 Å². The maximum Gasteiger partial charge on any atom is 0.168 e. The lowest BCUT2D eigenvalue weighted by atomic mass is 10.0. The smallest absolute Gasteiger partial charge is 0.168 e. The Morgan fingerprint density at radius 2 is 1.74 bits per heavy atom. The van der Waals surface area contributed by atoms with Gasteiger partial charge in [-0.15, -0.1) is 0 Å². The van der Waals surface area contributed by atoms with E-state index >= 15 is 0 Å². The van der Waals surface area contributed by atoms with E-state index in [0.29, 0.717) is 20.6 Å². The van der Waals surface area contributed by atoms with Crippen LogP contribution in [0.15, 0.2) is 36.4 Å². The Hall–Kier alpha value is -1.02. The van der Waals surface area contributed by atoms with Gasteiger partial charge in [0, 0.05) is 22.0 Å². The summed E-state index contributed by atoms with van der Waals surface area (Å²) >= 11 is 17.9. The Morgan fingerprint density at radius 1 is 1.00 bits per heavy atom. The summed E-state index contributed by atoms with van der Waals surface area (Å²) in [5.74, 6) is -0.0765. The number of hydrogen-bond donors (Lipinski definition) is 0. The van der Waals surface area contributed by atoms with Crippen LogP contribution in [0, 0.1) is 6.92 Å². The molecule has 1 nitrogen and oxygen atoms in total. The molecule has 0 bridgehead atoms. The van der Waals surface area contributed by atoms with E-state index < -0.39 is 0 Å². The highest BCUT2D eigenvalue weighted by Crippen LogP contribution is 2.24. The zero-order valence-electron chi connectivity index (χ0n) is 10.2. The monoisotopic (exact) mass is 312 g/mol. The van der Waals surface area contributed by atoms with Crippen LogP contribution >= 0.6 is 34.8 Å². The van der Waals surface area contributed by atoms with Crippen molar-refractivity contribution in [1.29, 1.82) is 0 Å². The van der Waals surface area contributed by atoms with Gasteiger partial charge < -0.3 is 0 Å². The molecule has 0 aliphatic rings. The number of ketones is 1. The number of halogens is 3. The largest absolute Gasteiger partial charge is 0.294 e. The molecule has 0 heterocycles. The van der Waals surface area contributed by atoms with E-state index in [2.05, 4.69) is 0 Å². The molecular formula is C15H11Cl3O. The average Bonchev–Trinajstić information content (AvgIpc) is 2.32. The second kappa shape index (κ2) is 5.96. The van der Waals surface area contributed by atoms with E-state index in [9.17, 15) is 4.79 Å². The molecular weight excluding hydrogens is 303 g/mol. The summed E-state index contributed by atoms with van der Waals surface area (Å²) in [5, 5.41) is 1.47. The fraction of sp³-hybridized carbons (Fsp3) is 0.133. The molecule has 0 aliphatic carbocycles. The first kappa shape index (κ1) is 14.4. The van der Waals surface area contributed by atoms with Crippen molar-refractivity contribution in [3.8, 4) is 0 Å². The number of hydrogen-bond acceptors (Lipinski definition) is 1. The second-order valence-electron chi connectivity index (χ2n) is 4.32. The molecule has 0 radical (unpaired) electrons. The average molecular weight is 314 g/mol. The Balaban J connectivity index is 2.25. The fourth-order valence-electron chi connectivity index (χ4n) is 1.78. The molecule has 4 heteroatoms. The summed E-state index contributed by atoms with van der Waals surface area (Å²) in [5.41, 5.74) is 2.32. The molecule has 0 aliphatic heterocycles. The van der Waals surface area contributed by atoms with Gasteiger partial charge in [-0.25, -0.2) is 0 Å². The minimum atomic E-state index is -0.0765. The zero-order valence-corrected chi connectivity index (χ0v) is 12.5. The van der Waals surface area contributed by atoms with Crippen molar-refractivity contribution in [2.45, 2.75) is 13.3 Å². The summed E-state index contributed by atoms with van der Waals surface area (Å²) in [6.45, 7) is 1.95. The molecule has 0 N–H and O–H groups in total. The standard InChI is InChI=1S/C15H11Cl3O/c1-9-2-3-10(13(17)6-9)7-15(19)12-5-4-11(16)8-14(12)18/h2-6,8H,7H2,1H3. The van der Waals surface area contributed by atoms with Gasteiger partial charge in [0.05, 0.1) is 5.02 Å². The Labute approximate surface area is 127 Å². The van der Waals surface area contributed by atoms with E-state index in [-0.39, 0.29) is 12.2 Å². The van der Waals surface area contributed by atoms with E-state index in [1.807, 2.05) is 25.1 Å². The van der Waals surface area contributed by atoms with E-state index in [1.54, 1.807) is 18.2 Å². The van der Waals surface area contributed by atoms with Crippen LogP contribution in [0.3, 0.4) is 0 Å². The molecule has 0 atom stereocenters. The van der Waals surface area contributed by atoms with Crippen LogP contribution in [-0.2, 0) is 6.42 Å². The maximum atomic E-state index is 12.2. The van der Waals surface area contributed by atoms with E-state index in [1.165, 1.54) is 0 Å². The third-order valence-electron chi connectivity index (χ3n) is 2.79. The third-order valence-corrected chi connectivity index (χ3v) is 3.69. The Morgan fingerprint density at radius 3 is 2.37 bits per heavy atom. The van der Waals surface area contributed by atoms with Gasteiger partial charge in [-0.3, -0.25) is 4.79 Å². The number of Topliss-reactive ketones (excluding diaryl/α,β-unsaturated/α-hetero) is 1. The molecule has 0 saturated heterocycles. The van der Waals surface area contributed by atoms with Crippen LogP contribution in [0.4, 0.5) is 0 Å². The highest BCUT2D eigenvalue weighted by Gasteiger charge is 2.13. The summed E-state index contributed by atoms with van der Waals surface area (Å²) in [6.07, 6.45) is 0.223. The van der Waals surface area contributed by atoms with Crippen molar-refractivity contribution < 1.29 is 4.79 Å². The van der Waals surface area contributed by atoms with Gasteiger partial charge in [-0.05, 0) is 42.3 Å². The number of benzene rings is 2. The second-order valence-corrected chi connectivity index (χ2v) is 5.57. The predicted octanol–water partition coefficient (Wildman–Crippen LogP) is 5.38. The first-order chi connectivity index (χ1) is 8.97. The van der Waals surface area contributed by atoms with Crippen LogP contribution in [0.25, 0.3) is 0 Å². The molecule has 2 aromatic carbocycles. The van der Waals surface area contributed by atoms with E-state index in [4.69, 9.17) is 34.8 Å². The minimum absolute atomic E-state index is 0.0765. The number of carbonyl (C=O) groups excluding carboxylic acids is 1. The lowest BCUT2D eigenvalue weighted by molar-refractivity contribution is 0.0993. The fourth-order valence-corrected chi connectivity index (χ4v) is 2.60. The molecule has 0 unspecified atom stereocenters. The molecule has 0 fully saturated rings. The van der Waals surface area contributed by atoms with Crippen molar-refractivity contribution in [1.82, 2.24) is 0 Å². The van der Waals surface area contributed by atoms with Crippen LogP contribution in [0.1, 0.15) is 21.5 Å². The van der Waals surface area contributed by atoms with Gasteiger partial charge in [0.1, 0.15) is 0 Å². The van der Waals surface area contributed by atoms with Gasteiger partial charge in [0.25, 0.3) is 0 Å². The molecule has 19 heavy (non-hydrogen) atoms. The summed E-state index contributed by atoms with van der Waals surface area (Å²) < 4.78 is 0. The van der Waals surface area contributed by atoms with Gasteiger partial charge in [-0.1, -0.05) is 46.9 Å². The SMILES string of the molecule is Cc1ccc(CC(=O)c2ccc(Cl)cc2Cl)c(Cl)c1. The maximum absolute atomic E-state index is 12.2. The van der Waals surface area contributed by atoms with Crippen molar-refractivity contribution in [3.63, 3.8) is 0 Å². The quantitative estimate of drug-likeness (QED) is 0.695. The van der Waals surface area contributed by atoms with Gasteiger partial charge >= 0.3 is 0 Å². The molecule has 2 aromatic rings. The van der Waals surface area contributed by atoms with Crippen molar-refractivity contribution >= 4 is 40.6 Å². The zero-order chi connectivity index (χ0) is 14.0. The third kappa shape index (κ3) is 3.50. The molecule has 0 aromatic heterocycles. The predicted molar refractivity (Wildman–Crippen MR) is 80.7 cm³/mol. The van der Waals surface area contributed by atoms with Crippen LogP contribution in [0.2, 0.25) is 15.1 Å². The first-order valence-electron chi connectivity index (χ1n) is 5.70. The minimum Gasteiger partial charge on any atom is -0.294 e. The number of aryl methyl sites for hydroxylation is 1. The molecule has 0 spiro atoms. The van der Waals surface area contributed by atoms with Crippen molar-refractivity contribution in [2.75, 3.05) is 0 Å². The lowest BCUT2D eigenvalue weighted by Gasteiger charge is -2.06. The van der Waals surface area contributed by atoms with Crippen molar-refractivity contribution in [2.24, 2.45) is 0 Å². The van der Waals surface area contributed by atoms with Gasteiger partial charge in [-0.2, -0.15) is 0 Å². The van der Waals surface area contributed by atoms with Gasteiger partial charge in [0.2, 0.25) is 0 Å².